The highest BCUT2D eigenvalue weighted by atomic mass is 32.1. The molecule has 0 atom stereocenters. The Hall–Kier alpha value is -3.85. The van der Waals surface area contributed by atoms with Crippen LogP contribution >= 0.6 is 11.3 Å². The van der Waals surface area contributed by atoms with E-state index in [1.165, 1.54) is 11.3 Å². The predicted octanol–water partition coefficient (Wildman–Crippen LogP) is 5.85. The Labute approximate surface area is 187 Å². The lowest BCUT2D eigenvalue weighted by atomic mass is 9.93. The van der Waals surface area contributed by atoms with Gasteiger partial charge in [-0.3, -0.25) is 9.72 Å². The number of urea groups is 1. The first-order chi connectivity index (χ1) is 15.3. The molecule has 0 aliphatic carbocycles. The standard InChI is InChI=1S/C23H21N5O3S/c1-23(2,3)19-11-20(27-31-19)26-21(30)24-14-6-4-13(5-7-14)16-12-28-17-9-8-15(29)10-18(17)32-22(28)25-16/h4-12,29H,1-3H3,(H2,24,26,27,30). The van der Waals surface area contributed by atoms with E-state index in [4.69, 9.17) is 9.51 Å². The number of anilines is 2. The fourth-order valence-electron chi connectivity index (χ4n) is 3.32. The van der Waals surface area contributed by atoms with Crippen LogP contribution in [0, 0.1) is 0 Å². The van der Waals surface area contributed by atoms with Gasteiger partial charge in [0, 0.05) is 28.9 Å². The summed E-state index contributed by atoms with van der Waals surface area (Å²) in [5.41, 5.74) is 3.23. The maximum Gasteiger partial charge on any atom is 0.324 e. The van der Waals surface area contributed by atoms with Gasteiger partial charge >= 0.3 is 6.03 Å². The third-order valence-electron chi connectivity index (χ3n) is 5.01. The highest BCUT2D eigenvalue weighted by Crippen LogP contribution is 2.31. The van der Waals surface area contributed by atoms with E-state index < -0.39 is 6.03 Å². The van der Waals surface area contributed by atoms with Crippen molar-refractivity contribution in [2.24, 2.45) is 0 Å². The minimum atomic E-state index is -0.399. The first-order valence-electron chi connectivity index (χ1n) is 10.0. The first-order valence-corrected chi connectivity index (χ1v) is 10.8. The summed E-state index contributed by atoms with van der Waals surface area (Å²) in [4.78, 5) is 17.8. The number of aromatic nitrogens is 3. The summed E-state index contributed by atoms with van der Waals surface area (Å²) >= 11 is 1.52. The number of nitrogens with zero attached hydrogens (tertiary/aromatic N) is 3. The van der Waals surface area contributed by atoms with Gasteiger partial charge in [0.1, 0.15) is 11.5 Å². The van der Waals surface area contributed by atoms with Crippen LogP contribution in [0.5, 0.6) is 5.75 Å². The quantitative estimate of drug-likeness (QED) is 0.322. The van der Waals surface area contributed by atoms with Crippen LogP contribution in [0.15, 0.2) is 59.3 Å². The maximum absolute atomic E-state index is 12.3. The maximum atomic E-state index is 12.3. The number of rotatable bonds is 3. The number of imidazole rings is 1. The van der Waals surface area contributed by atoms with Gasteiger partial charge in [-0.1, -0.05) is 49.4 Å². The zero-order valence-corrected chi connectivity index (χ0v) is 18.5. The number of thiazole rings is 1. The number of phenolic OH excluding ortho intramolecular Hbond substituents is 1. The number of hydrogen-bond acceptors (Lipinski definition) is 6. The summed E-state index contributed by atoms with van der Waals surface area (Å²) in [6.45, 7) is 6.03. The van der Waals surface area contributed by atoms with E-state index >= 15 is 0 Å². The van der Waals surface area contributed by atoms with Gasteiger partial charge in [-0.05, 0) is 30.3 Å². The van der Waals surface area contributed by atoms with Gasteiger partial charge < -0.3 is 14.9 Å². The second-order valence-corrected chi connectivity index (χ2v) is 9.52. The second-order valence-electron chi connectivity index (χ2n) is 8.52. The van der Waals surface area contributed by atoms with Crippen molar-refractivity contribution in [3.05, 3.63) is 60.5 Å². The van der Waals surface area contributed by atoms with E-state index in [2.05, 4.69) is 15.8 Å². The lowest BCUT2D eigenvalue weighted by Gasteiger charge is -2.12. The summed E-state index contributed by atoms with van der Waals surface area (Å²) in [5.74, 6) is 1.30. The lowest BCUT2D eigenvalue weighted by Crippen LogP contribution is -2.19. The monoisotopic (exact) mass is 447 g/mol. The van der Waals surface area contributed by atoms with Crippen molar-refractivity contribution >= 4 is 44.1 Å². The van der Waals surface area contributed by atoms with E-state index in [0.29, 0.717) is 17.3 Å². The molecule has 0 aliphatic rings. The molecule has 9 heteroatoms. The molecule has 32 heavy (non-hydrogen) atoms. The van der Waals surface area contributed by atoms with Gasteiger partial charge in [-0.15, -0.1) is 0 Å². The van der Waals surface area contributed by atoms with Gasteiger partial charge in [0.05, 0.1) is 15.9 Å². The lowest BCUT2D eigenvalue weighted by molar-refractivity contribution is 0.262. The molecule has 0 unspecified atom stereocenters. The van der Waals surface area contributed by atoms with Gasteiger partial charge in [0.15, 0.2) is 10.8 Å². The van der Waals surface area contributed by atoms with Crippen LogP contribution in [0.3, 0.4) is 0 Å². The van der Waals surface area contributed by atoms with Crippen molar-refractivity contribution in [1.82, 2.24) is 14.5 Å². The Morgan fingerprint density at radius 1 is 1.09 bits per heavy atom. The molecule has 3 N–H and O–H groups in total. The van der Waals surface area contributed by atoms with E-state index in [-0.39, 0.29) is 11.2 Å². The van der Waals surface area contributed by atoms with Crippen LogP contribution < -0.4 is 10.6 Å². The zero-order chi connectivity index (χ0) is 22.5. The highest BCUT2D eigenvalue weighted by Gasteiger charge is 2.20. The molecule has 3 aromatic heterocycles. The zero-order valence-electron chi connectivity index (χ0n) is 17.7. The molecule has 0 bridgehead atoms. The van der Waals surface area contributed by atoms with Crippen molar-refractivity contribution < 1.29 is 14.4 Å². The first kappa shape index (κ1) is 20.1. The number of nitrogens with one attached hydrogen (secondary N) is 2. The highest BCUT2D eigenvalue weighted by molar-refractivity contribution is 7.23. The molecule has 162 valence electrons. The molecule has 0 saturated heterocycles. The van der Waals surface area contributed by atoms with Crippen LogP contribution in [-0.2, 0) is 5.41 Å². The molecule has 2 aromatic carbocycles. The smallest absolute Gasteiger partial charge is 0.324 e. The van der Waals surface area contributed by atoms with Crippen molar-refractivity contribution in [1.29, 1.82) is 0 Å². The number of fused-ring (bicyclic) bond motifs is 3. The Balaban J connectivity index is 1.29. The van der Waals surface area contributed by atoms with Crippen molar-refractivity contribution in [3.8, 4) is 17.0 Å². The normalized spacial score (nSPS) is 11.8. The fraction of sp³-hybridized carbons (Fsp3) is 0.174. The van der Waals surface area contributed by atoms with Crippen LogP contribution in [0.1, 0.15) is 26.5 Å². The molecule has 0 aliphatic heterocycles. The van der Waals surface area contributed by atoms with Crippen molar-refractivity contribution in [3.63, 3.8) is 0 Å². The molecular weight excluding hydrogens is 426 g/mol. The molecule has 0 radical (unpaired) electrons. The third kappa shape index (κ3) is 3.78. The number of aromatic hydroxyl groups is 1. The van der Waals surface area contributed by atoms with Crippen molar-refractivity contribution in [2.45, 2.75) is 26.2 Å². The average molecular weight is 448 g/mol. The SMILES string of the molecule is CC(C)(C)c1cc(NC(=O)Nc2ccc(-c3cn4c(n3)sc3cc(O)ccc34)cc2)no1. The molecule has 0 fully saturated rings. The van der Waals surface area contributed by atoms with Crippen molar-refractivity contribution in [2.75, 3.05) is 10.6 Å². The average Bonchev–Trinajstić information content (AvgIpc) is 3.42. The number of carbonyl (C=O) groups excluding carboxylic acids is 1. The molecule has 3 heterocycles. The molecule has 5 aromatic rings. The van der Waals surface area contributed by atoms with Gasteiger partial charge in [-0.2, -0.15) is 0 Å². The Bertz CT molecular complexity index is 1440. The number of hydrogen-bond donors (Lipinski definition) is 3. The number of phenols is 1. The molecule has 5 rings (SSSR count). The van der Waals surface area contributed by atoms with Crippen LogP contribution in [-0.4, -0.2) is 25.7 Å². The molecular formula is C23H21N5O3S. The van der Waals surface area contributed by atoms with Crippen LogP contribution in [0.4, 0.5) is 16.3 Å². The predicted molar refractivity (Wildman–Crippen MR) is 126 cm³/mol. The van der Waals surface area contributed by atoms with Gasteiger partial charge in [0.2, 0.25) is 0 Å². The molecule has 2 amide bonds. The van der Waals surface area contributed by atoms with Crippen LogP contribution in [0.25, 0.3) is 26.4 Å². The largest absolute Gasteiger partial charge is 0.508 e. The Kier molecular flexibility index (Phi) is 4.63. The second kappa shape index (κ2) is 7.38. The van der Waals surface area contributed by atoms with E-state index in [9.17, 15) is 9.90 Å². The number of carbonyl (C=O) groups is 1. The number of amides is 2. The summed E-state index contributed by atoms with van der Waals surface area (Å²) in [6.07, 6.45) is 1.97. The Morgan fingerprint density at radius 3 is 2.59 bits per heavy atom. The Morgan fingerprint density at radius 2 is 1.88 bits per heavy atom. The third-order valence-corrected chi connectivity index (χ3v) is 6.02. The summed E-state index contributed by atoms with van der Waals surface area (Å²) in [5, 5.41) is 19.0. The topological polar surface area (TPSA) is 105 Å². The summed E-state index contributed by atoms with van der Waals surface area (Å²) in [6, 6.07) is 14.1. The fourth-order valence-corrected chi connectivity index (χ4v) is 4.36. The van der Waals surface area contributed by atoms with Gasteiger partial charge in [-0.25, -0.2) is 9.78 Å². The molecule has 0 spiro atoms. The van der Waals surface area contributed by atoms with E-state index in [1.807, 2.05) is 61.7 Å². The number of benzene rings is 2. The van der Waals surface area contributed by atoms with Crippen LogP contribution in [0.2, 0.25) is 0 Å². The summed E-state index contributed by atoms with van der Waals surface area (Å²) < 4.78 is 8.27. The minimum absolute atomic E-state index is 0.186. The summed E-state index contributed by atoms with van der Waals surface area (Å²) in [7, 11) is 0. The van der Waals surface area contributed by atoms with E-state index in [0.717, 1.165) is 26.4 Å². The van der Waals surface area contributed by atoms with Gasteiger partial charge in [0.25, 0.3) is 0 Å². The molecule has 0 saturated carbocycles. The van der Waals surface area contributed by atoms with E-state index in [1.54, 1.807) is 18.2 Å². The minimum Gasteiger partial charge on any atom is -0.508 e. The molecule has 8 nitrogen and oxygen atoms in total.